The van der Waals surface area contributed by atoms with Crippen LogP contribution in [0, 0.1) is 22.7 Å². The standard InChI is InChI=1S/C24H36O6/c1-13-16-8-10-23(6)11-9-19(29-14(2)25)24(7,28)21(23)20(30-15(3)26)17(12-18(13)27)22(16,4)5/h17,19-21,28H,8-12H2,1-7H3/t17-,19-,20+,21-,23+,24+/m0/s1. The van der Waals surface area contributed by atoms with Crippen molar-refractivity contribution in [2.45, 2.75) is 98.4 Å². The second-order valence-corrected chi connectivity index (χ2v) is 10.6. The highest BCUT2D eigenvalue weighted by atomic mass is 16.6. The Morgan fingerprint density at radius 2 is 1.63 bits per heavy atom. The monoisotopic (exact) mass is 420 g/mol. The van der Waals surface area contributed by atoms with Crippen LogP contribution in [-0.4, -0.2) is 40.6 Å². The number of ketones is 1. The van der Waals surface area contributed by atoms with Crippen LogP contribution in [0.25, 0.3) is 0 Å². The number of carbonyl (C=O) groups excluding carboxylic acids is 3. The van der Waals surface area contributed by atoms with Gasteiger partial charge in [0.1, 0.15) is 17.8 Å². The molecule has 0 amide bonds. The highest BCUT2D eigenvalue weighted by Crippen LogP contribution is 2.60. The number of carbonyl (C=O) groups is 3. The van der Waals surface area contributed by atoms with Crippen LogP contribution in [0.15, 0.2) is 11.1 Å². The lowest BCUT2D eigenvalue weighted by Crippen LogP contribution is -2.65. The molecule has 168 valence electrons. The molecule has 0 radical (unpaired) electrons. The molecule has 3 aliphatic carbocycles. The molecule has 2 fully saturated rings. The number of allylic oxidation sites excluding steroid dienone is 2. The van der Waals surface area contributed by atoms with Gasteiger partial charge in [-0.05, 0) is 55.9 Å². The Labute approximate surface area is 179 Å². The van der Waals surface area contributed by atoms with Crippen molar-refractivity contribution in [2.24, 2.45) is 22.7 Å². The number of hydrogen-bond acceptors (Lipinski definition) is 6. The molecule has 3 rings (SSSR count). The molecule has 0 aromatic heterocycles. The molecular weight excluding hydrogens is 384 g/mol. The summed E-state index contributed by atoms with van der Waals surface area (Å²) in [6, 6.07) is 0. The van der Waals surface area contributed by atoms with Crippen molar-refractivity contribution in [1.82, 2.24) is 0 Å². The summed E-state index contributed by atoms with van der Waals surface area (Å²) in [6.07, 6.45) is 1.80. The molecule has 0 spiro atoms. The third-order valence-electron chi connectivity index (χ3n) is 8.27. The zero-order valence-corrected chi connectivity index (χ0v) is 19.3. The maximum Gasteiger partial charge on any atom is 0.303 e. The molecule has 0 saturated heterocycles. The molecule has 0 heterocycles. The summed E-state index contributed by atoms with van der Waals surface area (Å²) in [5.41, 5.74) is -0.0706. The van der Waals surface area contributed by atoms with E-state index >= 15 is 0 Å². The van der Waals surface area contributed by atoms with E-state index in [4.69, 9.17) is 9.47 Å². The second kappa shape index (κ2) is 7.47. The minimum atomic E-state index is -1.38. The van der Waals surface area contributed by atoms with Crippen molar-refractivity contribution in [3.8, 4) is 0 Å². The van der Waals surface area contributed by atoms with Crippen LogP contribution in [0.1, 0.15) is 80.6 Å². The molecular formula is C24H36O6. The van der Waals surface area contributed by atoms with Gasteiger partial charge in [0.15, 0.2) is 5.78 Å². The molecule has 2 saturated carbocycles. The molecule has 6 heteroatoms. The van der Waals surface area contributed by atoms with E-state index in [2.05, 4.69) is 20.8 Å². The van der Waals surface area contributed by atoms with Gasteiger partial charge >= 0.3 is 11.9 Å². The lowest BCUT2D eigenvalue weighted by molar-refractivity contribution is -0.233. The first-order chi connectivity index (χ1) is 13.7. The zero-order valence-electron chi connectivity index (χ0n) is 19.3. The number of Topliss-reactive ketones (excluding diaryl/α,β-unsaturated/α-hetero) is 1. The summed E-state index contributed by atoms with van der Waals surface area (Å²) in [7, 11) is 0. The van der Waals surface area contributed by atoms with Crippen LogP contribution in [0.4, 0.5) is 0 Å². The molecule has 1 N–H and O–H groups in total. The first-order valence-corrected chi connectivity index (χ1v) is 11.0. The van der Waals surface area contributed by atoms with E-state index in [9.17, 15) is 19.5 Å². The quantitative estimate of drug-likeness (QED) is 0.685. The molecule has 0 aromatic carbocycles. The number of rotatable bonds is 2. The van der Waals surface area contributed by atoms with Gasteiger partial charge in [-0.25, -0.2) is 0 Å². The van der Waals surface area contributed by atoms with Crippen LogP contribution >= 0.6 is 0 Å². The van der Waals surface area contributed by atoms with Gasteiger partial charge in [0, 0.05) is 32.1 Å². The van der Waals surface area contributed by atoms with E-state index < -0.39 is 35.7 Å². The Kier molecular flexibility index (Phi) is 5.72. The van der Waals surface area contributed by atoms with Crippen LogP contribution < -0.4 is 0 Å². The third-order valence-corrected chi connectivity index (χ3v) is 8.27. The van der Waals surface area contributed by atoms with Gasteiger partial charge in [-0.15, -0.1) is 0 Å². The summed E-state index contributed by atoms with van der Waals surface area (Å²) < 4.78 is 11.5. The van der Waals surface area contributed by atoms with E-state index in [0.717, 1.165) is 30.4 Å². The highest BCUT2D eigenvalue weighted by Gasteiger charge is 2.62. The Morgan fingerprint density at radius 1 is 1.03 bits per heavy atom. The summed E-state index contributed by atoms with van der Waals surface area (Å²) in [6.45, 7) is 12.7. The van der Waals surface area contributed by atoms with Gasteiger partial charge in [-0.1, -0.05) is 26.3 Å². The first kappa shape index (κ1) is 23.0. The second-order valence-electron chi connectivity index (χ2n) is 10.6. The third kappa shape index (κ3) is 3.61. The van der Waals surface area contributed by atoms with Crippen molar-refractivity contribution in [3.63, 3.8) is 0 Å². The fourth-order valence-corrected chi connectivity index (χ4v) is 6.71. The highest BCUT2D eigenvalue weighted by molar-refractivity contribution is 5.97. The maximum absolute atomic E-state index is 12.9. The van der Waals surface area contributed by atoms with Crippen molar-refractivity contribution in [2.75, 3.05) is 0 Å². The molecule has 6 atom stereocenters. The van der Waals surface area contributed by atoms with E-state index in [-0.39, 0.29) is 29.0 Å². The van der Waals surface area contributed by atoms with Crippen LogP contribution in [0.2, 0.25) is 0 Å². The van der Waals surface area contributed by atoms with E-state index in [0.29, 0.717) is 6.42 Å². The number of fused-ring (bicyclic) bond motifs is 3. The van der Waals surface area contributed by atoms with Crippen LogP contribution in [0.5, 0.6) is 0 Å². The lowest BCUT2D eigenvalue weighted by atomic mass is 9.49. The molecule has 30 heavy (non-hydrogen) atoms. The summed E-state index contributed by atoms with van der Waals surface area (Å²) in [5, 5.41) is 11.8. The predicted molar refractivity (Wildman–Crippen MR) is 111 cm³/mol. The molecule has 0 aliphatic heterocycles. The van der Waals surface area contributed by atoms with Crippen LogP contribution in [0.3, 0.4) is 0 Å². The van der Waals surface area contributed by atoms with Gasteiger partial charge in [0.2, 0.25) is 0 Å². The Balaban J connectivity index is 2.19. The van der Waals surface area contributed by atoms with E-state index in [1.807, 2.05) is 6.92 Å². The number of aliphatic hydroxyl groups is 1. The van der Waals surface area contributed by atoms with Gasteiger partial charge in [-0.3, -0.25) is 14.4 Å². The lowest BCUT2D eigenvalue weighted by Gasteiger charge is -2.59. The minimum Gasteiger partial charge on any atom is -0.462 e. The van der Waals surface area contributed by atoms with E-state index in [1.165, 1.54) is 13.8 Å². The fraction of sp³-hybridized carbons (Fsp3) is 0.792. The van der Waals surface area contributed by atoms with Crippen molar-refractivity contribution in [3.05, 3.63) is 11.1 Å². The average molecular weight is 421 g/mol. The smallest absolute Gasteiger partial charge is 0.303 e. The topological polar surface area (TPSA) is 89.9 Å². The van der Waals surface area contributed by atoms with Gasteiger partial charge in [-0.2, -0.15) is 0 Å². The molecule has 0 unspecified atom stereocenters. The zero-order chi connectivity index (χ0) is 22.6. The number of esters is 2. The van der Waals surface area contributed by atoms with Gasteiger partial charge in [0.25, 0.3) is 0 Å². The number of ether oxygens (including phenoxy) is 2. The Hall–Kier alpha value is -1.69. The SMILES string of the molecule is CC(=O)O[C@@H]1[C@@H]2CC(=O)C(C)=C(CC[C@]3(C)CC[C@H](OC(C)=O)[C@@](C)(O)[C@@H]13)C2(C)C. The largest absolute Gasteiger partial charge is 0.462 e. The minimum absolute atomic E-state index is 0.0852. The average Bonchev–Trinajstić information content (AvgIpc) is 2.58. The summed E-state index contributed by atoms with van der Waals surface area (Å²) in [5.74, 6) is -1.48. The predicted octanol–water partition coefficient (Wildman–Crippen LogP) is 3.74. The van der Waals surface area contributed by atoms with Crippen molar-refractivity contribution < 1.29 is 29.0 Å². The van der Waals surface area contributed by atoms with Crippen molar-refractivity contribution in [1.29, 1.82) is 0 Å². The van der Waals surface area contributed by atoms with Crippen molar-refractivity contribution >= 4 is 17.7 Å². The van der Waals surface area contributed by atoms with Gasteiger partial charge in [0.05, 0.1) is 0 Å². The number of hydrogen-bond donors (Lipinski definition) is 1. The first-order valence-electron chi connectivity index (χ1n) is 11.0. The Bertz CT molecular complexity index is 792. The van der Waals surface area contributed by atoms with Crippen LogP contribution in [-0.2, 0) is 23.9 Å². The van der Waals surface area contributed by atoms with Gasteiger partial charge < -0.3 is 14.6 Å². The Morgan fingerprint density at radius 3 is 2.20 bits per heavy atom. The summed E-state index contributed by atoms with van der Waals surface area (Å²) >= 11 is 0. The molecule has 2 bridgehead atoms. The summed E-state index contributed by atoms with van der Waals surface area (Å²) in [4.78, 5) is 36.8. The van der Waals surface area contributed by atoms with E-state index in [1.54, 1.807) is 6.92 Å². The molecule has 3 aliphatic rings. The molecule has 6 nitrogen and oxygen atoms in total. The molecule has 0 aromatic rings. The normalized spacial score (nSPS) is 40.7. The fourth-order valence-electron chi connectivity index (χ4n) is 6.71. The maximum atomic E-state index is 12.9.